The fourth-order valence-corrected chi connectivity index (χ4v) is 6.26. The molecule has 4 aromatic carbocycles. The Hall–Kier alpha value is -6.77. The number of ether oxygens (including phenoxy) is 2. The average molecular weight is 751 g/mol. The first-order valence-corrected chi connectivity index (χ1v) is 17.7. The molecule has 5 amide bonds. The zero-order valence-electron chi connectivity index (χ0n) is 30.3. The number of nitro benzene ring substituents is 1. The van der Waals surface area contributed by atoms with Gasteiger partial charge in [0.2, 0.25) is 11.8 Å². The van der Waals surface area contributed by atoms with Gasteiger partial charge in [-0.15, -0.1) is 0 Å². The maximum absolute atomic E-state index is 13.6. The van der Waals surface area contributed by atoms with E-state index in [2.05, 4.69) is 21.3 Å². The second-order valence-electron chi connectivity index (χ2n) is 13.3. The number of anilines is 1. The minimum atomic E-state index is -1.07. The molecule has 0 radical (unpaired) electrons. The predicted octanol–water partition coefficient (Wildman–Crippen LogP) is 5.18. The highest BCUT2D eigenvalue weighted by molar-refractivity contribution is 5.98. The summed E-state index contributed by atoms with van der Waals surface area (Å²) in [6.45, 7) is 3.72. The minimum Gasteiger partial charge on any atom is -0.449 e. The molecule has 1 aliphatic carbocycles. The van der Waals surface area contributed by atoms with Crippen molar-refractivity contribution in [2.75, 3.05) is 18.5 Å². The second-order valence-corrected chi connectivity index (χ2v) is 13.3. The number of carbonyl (C=O) groups excluding carboxylic acids is 5. The smallest absolute Gasteiger partial charge is 0.407 e. The van der Waals surface area contributed by atoms with Crippen LogP contribution in [0.2, 0.25) is 0 Å². The number of alkyl carbamates (subject to hydrolysis) is 1. The van der Waals surface area contributed by atoms with Gasteiger partial charge in [-0.05, 0) is 70.8 Å². The third-order valence-electron chi connectivity index (χ3n) is 9.02. The molecule has 0 saturated heterocycles. The van der Waals surface area contributed by atoms with E-state index in [-0.39, 0.29) is 49.3 Å². The van der Waals surface area contributed by atoms with Gasteiger partial charge in [-0.2, -0.15) is 0 Å². The molecule has 0 aromatic heterocycles. The number of fused-ring (bicyclic) bond motifs is 3. The zero-order chi connectivity index (χ0) is 39.5. The van der Waals surface area contributed by atoms with Crippen molar-refractivity contribution in [3.8, 4) is 16.9 Å². The van der Waals surface area contributed by atoms with Crippen LogP contribution in [0.25, 0.3) is 11.1 Å². The molecule has 15 nitrogen and oxygen atoms in total. The van der Waals surface area contributed by atoms with Gasteiger partial charge in [0, 0.05) is 30.3 Å². The normalized spacial score (nSPS) is 12.7. The highest BCUT2D eigenvalue weighted by Crippen LogP contribution is 2.44. The molecule has 2 atom stereocenters. The van der Waals surface area contributed by atoms with E-state index in [9.17, 15) is 34.1 Å². The summed E-state index contributed by atoms with van der Waals surface area (Å²) in [6.07, 6.45) is -0.466. The van der Waals surface area contributed by atoms with Crippen LogP contribution in [-0.4, -0.2) is 60.1 Å². The molecule has 5 rings (SSSR count). The third kappa shape index (κ3) is 10.7. The number of urea groups is 1. The van der Waals surface area contributed by atoms with E-state index < -0.39 is 46.9 Å². The molecular weight excluding hydrogens is 708 g/mol. The van der Waals surface area contributed by atoms with Crippen LogP contribution in [0.1, 0.15) is 49.3 Å². The summed E-state index contributed by atoms with van der Waals surface area (Å²) in [6, 6.07) is 24.6. The summed E-state index contributed by atoms with van der Waals surface area (Å²) >= 11 is 0. The Bertz CT molecular complexity index is 1990. The Labute approximate surface area is 317 Å². The Morgan fingerprint density at radius 1 is 0.818 bits per heavy atom. The van der Waals surface area contributed by atoms with Crippen LogP contribution in [0.4, 0.5) is 21.0 Å². The minimum absolute atomic E-state index is 0.0595. The summed E-state index contributed by atoms with van der Waals surface area (Å²) in [4.78, 5) is 74.2. The third-order valence-corrected chi connectivity index (χ3v) is 9.02. The van der Waals surface area contributed by atoms with E-state index in [1.807, 2.05) is 48.5 Å². The van der Waals surface area contributed by atoms with Gasteiger partial charge in [-0.1, -0.05) is 74.5 Å². The van der Waals surface area contributed by atoms with Crippen molar-refractivity contribution in [2.24, 2.45) is 11.7 Å². The van der Waals surface area contributed by atoms with Crippen LogP contribution in [-0.2, 0) is 25.5 Å². The standard InChI is InChI=1S/C40H42N6O9/c1-24(2)36(45-40(51)54-23-33-31-10-5-3-8-29(31)30-9-4-6-11-32(30)33)38(49)44-34(12-7-21-42-39(41)50)37(48)43-26-15-13-25(14-16-26)22-35(47)55-28-19-17-27(18-20-28)46(52)53/h3-6,8-11,13-20,24,33-34,36H,7,12,21-23H2,1-2H3,(H,43,48)(H,44,49)(H,45,51)(H3,41,42,50). The van der Waals surface area contributed by atoms with Gasteiger partial charge in [0.05, 0.1) is 11.3 Å². The van der Waals surface area contributed by atoms with Gasteiger partial charge in [0.15, 0.2) is 0 Å². The summed E-state index contributed by atoms with van der Waals surface area (Å²) in [5, 5.41) is 21.5. The van der Waals surface area contributed by atoms with Crippen molar-refractivity contribution in [1.82, 2.24) is 16.0 Å². The fraction of sp³-hybridized carbons (Fsp3) is 0.275. The molecule has 55 heavy (non-hydrogen) atoms. The lowest BCUT2D eigenvalue weighted by atomic mass is 9.98. The number of hydrogen-bond donors (Lipinski definition) is 5. The van der Waals surface area contributed by atoms with Crippen LogP contribution in [0.3, 0.4) is 0 Å². The highest BCUT2D eigenvalue weighted by Gasteiger charge is 2.32. The fourth-order valence-electron chi connectivity index (χ4n) is 6.26. The zero-order valence-corrected chi connectivity index (χ0v) is 30.3. The van der Waals surface area contributed by atoms with Crippen molar-refractivity contribution in [3.63, 3.8) is 0 Å². The SMILES string of the molecule is CC(C)C(NC(=O)OCC1c2ccccc2-c2ccccc21)C(=O)NC(CCCNC(N)=O)C(=O)Nc1ccc(CC(=O)Oc2ccc([N+](=O)[O-])cc2)cc1. The number of nitrogens with zero attached hydrogens (tertiary/aromatic N) is 1. The monoisotopic (exact) mass is 750 g/mol. The molecular formula is C40H42N6O9. The quantitative estimate of drug-likeness (QED) is 0.0334. The largest absolute Gasteiger partial charge is 0.449 e. The molecule has 1 aliphatic rings. The van der Waals surface area contributed by atoms with E-state index in [4.69, 9.17) is 15.2 Å². The predicted molar refractivity (Wildman–Crippen MR) is 203 cm³/mol. The van der Waals surface area contributed by atoms with Crippen LogP contribution in [0.5, 0.6) is 5.75 Å². The Balaban J connectivity index is 1.18. The highest BCUT2D eigenvalue weighted by atomic mass is 16.6. The van der Waals surface area contributed by atoms with E-state index in [0.29, 0.717) is 17.7 Å². The van der Waals surface area contributed by atoms with Crippen molar-refractivity contribution in [2.45, 2.75) is 51.1 Å². The van der Waals surface area contributed by atoms with Crippen molar-refractivity contribution in [1.29, 1.82) is 0 Å². The average Bonchev–Trinajstić information content (AvgIpc) is 3.48. The number of hydrogen-bond acceptors (Lipinski definition) is 9. The number of benzene rings is 4. The first kappa shape index (κ1) is 39.4. The lowest BCUT2D eigenvalue weighted by Crippen LogP contribution is -2.54. The van der Waals surface area contributed by atoms with Crippen molar-refractivity contribution < 1.29 is 38.4 Å². The maximum Gasteiger partial charge on any atom is 0.407 e. The van der Waals surface area contributed by atoms with Gasteiger partial charge >= 0.3 is 18.1 Å². The molecule has 286 valence electrons. The van der Waals surface area contributed by atoms with Gasteiger partial charge < -0.3 is 36.5 Å². The molecule has 0 spiro atoms. The lowest BCUT2D eigenvalue weighted by Gasteiger charge is -2.25. The summed E-state index contributed by atoms with van der Waals surface area (Å²) in [5.41, 5.74) is 10.3. The maximum atomic E-state index is 13.6. The number of amides is 5. The molecule has 15 heteroatoms. The number of carbonyl (C=O) groups is 5. The number of rotatable bonds is 16. The number of esters is 1. The van der Waals surface area contributed by atoms with E-state index in [0.717, 1.165) is 22.3 Å². The summed E-state index contributed by atoms with van der Waals surface area (Å²) < 4.78 is 10.9. The van der Waals surface area contributed by atoms with Crippen molar-refractivity contribution in [3.05, 3.63) is 124 Å². The number of nitrogens with two attached hydrogens (primary N) is 1. The topological polar surface area (TPSA) is 221 Å². The molecule has 0 saturated carbocycles. The molecule has 0 heterocycles. The van der Waals surface area contributed by atoms with Gasteiger partial charge in [0.1, 0.15) is 24.4 Å². The Morgan fingerprint density at radius 3 is 2.02 bits per heavy atom. The number of non-ortho nitro benzene ring substituents is 1. The molecule has 6 N–H and O–H groups in total. The van der Waals surface area contributed by atoms with Crippen LogP contribution >= 0.6 is 0 Å². The van der Waals surface area contributed by atoms with Crippen LogP contribution < -0.4 is 31.7 Å². The number of primary amides is 1. The van der Waals surface area contributed by atoms with E-state index in [1.54, 1.807) is 38.1 Å². The Kier molecular flexibility index (Phi) is 13.1. The van der Waals surface area contributed by atoms with Gasteiger partial charge in [0.25, 0.3) is 5.69 Å². The van der Waals surface area contributed by atoms with Gasteiger partial charge in [-0.3, -0.25) is 24.5 Å². The first-order chi connectivity index (χ1) is 26.4. The van der Waals surface area contributed by atoms with E-state index >= 15 is 0 Å². The molecule has 2 unspecified atom stereocenters. The van der Waals surface area contributed by atoms with Crippen LogP contribution in [0, 0.1) is 16.0 Å². The van der Waals surface area contributed by atoms with Crippen LogP contribution in [0.15, 0.2) is 97.1 Å². The first-order valence-electron chi connectivity index (χ1n) is 17.7. The summed E-state index contributed by atoms with van der Waals surface area (Å²) in [5.74, 6) is -2.14. The summed E-state index contributed by atoms with van der Waals surface area (Å²) in [7, 11) is 0. The Morgan fingerprint density at radius 2 is 1.44 bits per heavy atom. The molecule has 0 bridgehead atoms. The molecule has 0 fully saturated rings. The van der Waals surface area contributed by atoms with E-state index in [1.165, 1.54) is 24.3 Å². The van der Waals surface area contributed by atoms with Gasteiger partial charge in [-0.25, -0.2) is 9.59 Å². The number of nitrogens with one attached hydrogen (secondary N) is 4. The molecule has 4 aromatic rings. The second kappa shape index (κ2) is 18.3. The molecule has 0 aliphatic heterocycles. The van der Waals surface area contributed by atoms with Crippen molar-refractivity contribution >= 4 is 41.3 Å². The number of nitro groups is 1. The lowest BCUT2D eigenvalue weighted by molar-refractivity contribution is -0.384.